The van der Waals surface area contributed by atoms with Crippen molar-refractivity contribution in [3.63, 3.8) is 0 Å². The normalized spacial score (nSPS) is 11.4. The summed E-state index contributed by atoms with van der Waals surface area (Å²) >= 11 is 0. The van der Waals surface area contributed by atoms with Crippen LogP contribution in [-0.4, -0.2) is 15.1 Å². The molecule has 1 aliphatic rings. The number of allylic oxidation sites excluding steroid dienone is 1. The highest BCUT2D eigenvalue weighted by atomic mass is 15.1. The fourth-order valence-electron chi connectivity index (χ4n) is 0.736. The van der Waals surface area contributed by atoms with Crippen LogP contribution in [0.2, 0.25) is 0 Å². The lowest BCUT2D eigenvalue weighted by atomic mass is 10.2. The molecule has 0 aliphatic carbocycles. The molecule has 2 nitrogen and oxygen atoms in total. The number of nitrogens with one attached hydrogen (secondary N) is 2. The van der Waals surface area contributed by atoms with E-state index in [2.05, 4.69) is 45.3 Å². The third-order valence-corrected chi connectivity index (χ3v) is 1.27. The molecular formula is C13H32BN2. The van der Waals surface area contributed by atoms with Crippen LogP contribution in [0.25, 0.3) is 0 Å². The SMILES string of the molecule is C.CC.CC(C)C.CC(C)C1=CNCN1.[B]. The molecule has 0 aromatic rings. The highest BCUT2D eigenvalue weighted by Gasteiger charge is 2.04. The van der Waals surface area contributed by atoms with Gasteiger partial charge in [-0.05, 0) is 11.8 Å². The quantitative estimate of drug-likeness (QED) is 0.669. The minimum atomic E-state index is 0. The third-order valence-electron chi connectivity index (χ3n) is 1.27. The van der Waals surface area contributed by atoms with Crippen molar-refractivity contribution in [3.8, 4) is 0 Å². The molecule has 1 aliphatic heterocycles. The summed E-state index contributed by atoms with van der Waals surface area (Å²) in [6.45, 7) is 15.7. The van der Waals surface area contributed by atoms with Crippen LogP contribution in [0.3, 0.4) is 0 Å². The first-order valence-corrected chi connectivity index (χ1v) is 5.71. The summed E-state index contributed by atoms with van der Waals surface area (Å²) < 4.78 is 0. The van der Waals surface area contributed by atoms with Crippen LogP contribution in [0, 0.1) is 11.8 Å². The Bertz CT molecular complexity index is 140. The molecule has 0 spiro atoms. The van der Waals surface area contributed by atoms with E-state index in [4.69, 9.17) is 0 Å². The molecule has 1 rings (SSSR count). The average Bonchev–Trinajstić information content (AvgIpc) is 2.58. The van der Waals surface area contributed by atoms with Crippen molar-refractivity contribution < 1.29 is 0 Å². The van der Waals surface area contributed by atoms with Crippen molar-refractivity contribution in [1.29, 1.82) is 0 Å². The van der Waals surface area contributed by atoms with E-state index in [9.17, 15) is 0 Å². The van der Waals surface area contributed by atoms with Gasteiger partial charge >= 0.3 is 0 Å². The molecule has 0 unspecified atom stereocenters. The van der Waals surface area contributed by atoms with Crippen LogP contribution in [0.4, 0.5) is 0 Å². The van der Waals surface area contributed by atoms with Gasteiger partial charge in [0, 0.05) is 20.3 Å². The minimum Gasteiger partial charge on any atom is -0.372 e. The Morgan fingerprint density at radius 1 is 1.06 bits per heavy atom. The van der Waals surface area contributed by atoms with Gasteiger partial charge in [0.2, 0.25) is 0 Å². The highest BCUT2D eigenvalue weighted by molar-refractivity contribution is 5.75. The highest BCUT2D eigenvalue weighted by Crippen LogP contribution is 2.05. The Kier molecular flexibility index (Phi) is 25.8. The van der Waals surface area contributed by atoms with Crippen molar-refractivity contribution in [3.05, 3.63) is 11.9 Å². The first-order valence-electron chi connectivity index (χ1n) is 5.71. The standard InChI is InChI=1S/C6H12N2.C4H10.C2H6.CH4.B/c1-5(2)6-3-7-4-8-6;1-4(2)3;1-2;;/h3,5,7-8H,4H2,1-2H3;4H,1-3H3;1-2H3;1H4;. The second kappa shape index (κ2) is 16.8. The Hall–Kier alpha value is -0.595. The number of hydrogen-bond acceptors (Lipinski definition) is 2. The monoisotopic (exact) mass is 227 g/mol. The summed E-state index contributed by atoms with van der Waals surface area (Å²) in [7, 11) is 0. The summed E-state index contributed by atoms with van der Waals surface area (Å²) in [4.78, 5) is 0. The summed E-state index contributed by atoms with van der Waals surface area (Å²) in [5.41, 5.74) is 1.31. The van der Waals surface area contributed by atoms with E-state index < -0.39 is 0 Å². The van der Waals surface area contributed by atoms with Crippen molar-refractivity contribution in [2.45, 2.75) is 55.9 Å². The second-order valence-corrected chi connectivity index (χ2v) is 4.04. The molecule has 0 aromatic carbocycles. The molecule has 0 amide bonds. The van der Waals surface area contributed by atoms with E-state index >= 15 is 0 Å². The molecule has 0 saturated heterocycles. The van der Waals surface area contributed by atoms with Crippen LogP contribution in [0.1, 0.15) is 55.9 Å². The molecule has 16 heavy (non-hydrogen) atoms. The van der Waals surface area contributed by atoms with E-state index in [1.165, 1.54) is 5.70 Å². The van der Waals surface area contributed by atoms with Gasteiger partial charge in [0.25, 0.3) is 0 Å². The zero-order valence-corrected chi connectivity index (χ0v) is 11.5. The largest absolute Gasteiger partial charge is 0.372 e. The fraction of sp³-hybridized carbons (Fsp3) is 0.846. The van der Waals surface area contributed by atoms with Crippen LogP contribution in [-0.2, 0) is 0 Å². The van der Waals surface area contributed by atoms with Crippen LogP contribution >= 0.6 is 0 Å². The maximum Gasteiger partial charge on any atom is 0.0843 e. The van der Waals surface area contributed by atoms with Gasteiger partial charge in [0.15, 0.2) is 0 Å². The van der Waals surface area contributed by atoms with Gasteiger partial charge in [-0.1, -0.05) is 55.9 Å². The number of hydrogen-bond donors (Lipinski definition) is 2. The van der Waals surface area contributed by atoms with Gasteiger partial charge < -0.3 is 10.6 Å². The lowest BCUT2D eigenvalue weighted by Gasteiger charge is -2.03. The van der Waals surface area contributed by atoms with Crippen LogP contribution in [0.5, 0.6) is 0 Å². The Morgan fingerprint density at radius 3 is 1.56 bits per heavy atom. The molecular weight excluding hydrogens is 195 g/mol. The first-order chi connectivity index (χ1) is 6.54. The van der Waals surface area contributed by atoms with Gasteiger partial charge in [-0.25, -0.2) is 0 Å². The van der Waals surface area contributed by atoms with Crippen LogP contribution in [0.15, 0.2) is 11.9 Å². The van der Waals surface area contributed by atoms with E-state index in [-0.39, 0.29) is 15.8 Å². The number of rotatable bonds is 1. The van der Waals surface area contributed by atoms with Gasteiger partial charge in [-0.2, -0.15) is 0 Å². The molecule has 97 valence electrons. The maximum atomic E-state index is 3.21. The topological polar surface area (TPSA) is 24.1 Å². The molecule has 0 atom stereocenters. The summed E-state index contributed by atoms with van der Waals surface area (Å²) in [6.07, 6.45) is 2.03. The van der Waals surface area contributed by atoms with E-state index in [1.54, 1.807) is 0 Å². The first kappa shape index (κ1) is 24.6. The van der Waals surface area contributed by atoms with Crippen molar-refractivity contribution >= 4 is 8.41 Å². The maximum absolute atomic E-state index is 3.21. The second-order valence-electron chi connectivity index (χ2n) is 4.04. The third kappa shape index (κ3) is 19.1. The fourth-order valence-corrected chi connectivity index (χ4v) is 0.736. The lowest BCUT2D eigenvalue weighted by molar-refractivity contribution is 0.684. The molecule has 0 saturated carbocycles. The predicted molar refractivity (Wildman–Crippen MR) is 78.4 cm³/mol. The molecule has 3 heteroatoms. The summed E-state index contributed by atoms with van der Waals surface area (Å²) in [6, 6.07) is 0. The average molecular weight is 227 g/mol. The van der Waals surface area contributed by atoms with E-state index in [0.29, 0.717) is 5.92 Å². The molecule has 0 aromatic heterocycles. The molecule has 2 N–H and O–H groups in total. The Balaban J connectivity index is -0.0000000793. The zero-order valence-electron chi connectivity index (χ0n) is 11.5. The summed E-state index contributed by atoms with van der Waals surface area (Å²) in [5, 5.41) is 6.29. The smallest absolute Gasteiger partial charge is 0.0843 e. The minimum absolute atomic E-state index is 0. The molecule has 3 radical (unpaired) electrons. The van der Waals surface area contributed by atoms with E-state index in [0.717, 1.165) is 12.6 Å². The Morgan fingerprint density at radius 2 is 1.44 bits per heavy atom. The molecule has 1 heterocycles. The van der Waals surface area contributed by atoms with Crippen molar-refractivity contribution in [2.75, 3.05) is 6.67 Å². The van der Waals surface area contributed by atoms with E-state index in [1.807, 2.05) is 20.0 Å². The van der Waals surface area contributed by atoms with Crippen LogP contribution < -0.4 is 10.6 Å². The molecule has 0 fully saturated rings. The lowest BCUT2D eigenvalue weighted by Crippen LogP contribution is -2.16. The van der Waals surface area contributed by atoms with Gasteiger partial charge in [0.05, 0.1) is 6.67 Å². The predicted octanol–water partition coefficient (Wildman–Crippen LogP) is 3.58. The zero-order chi connectivity index (χ0) is 11.6. The van der Waals surface area contributed by atoms with Gasteiger partial charge in [0.1, 0.15) is 0 Å². The Labute approximate surface area is 106 Å². The van der Waals surface area contributed by atoms with Gasteiger partial charge in [-0.15, -0.1) is 0 Å². The van der Waals surface area contributed by atoms with Crippen molar-refractivity contribution in [2.24, 2.45) is 11.8 Å². The molecule has 0 bridgehead atoms. The van der Waals surface area contributed by atoms with Crippen molar-refractivity contribution in [1.82, 2.24) is 10.6 Å². The summed E-state index contributed by atoms with van der Waals surface area (Å²) in [5.74, 6) is 1.46. The van der Waals surface area contributed by atoms with Gasteiger partial charge in [-0.3, -0.25) is 0 Å².